The molecule has 0 aromatic heterocycles. The van der Waals surface area contributed by atoms with Crippen molar-refractivity contribution in [3.63, 3.8) is 0 Å². The molecule has 0 spiro atoms. The average Bonchev–Trinajstić information content (AvgIpc) is 2.15. The Hall–Kier alpha value is -1.90. The smallest absolute Gasteiger partial charge is 0.192 e. The van der Waals surface area contributed by atoms with Crippen LogP contribution < -0.4 is 0 Å². The minimum absolute atomic E-state index is 0.173. The largest absolute Gasteiger partial charge is 0.416 e. The van der Waals surface area contributed by atoms with E-state index >= 15 is 0 Å². The third-order valence-corrected chi connectivity index (χ3v) is 1.54. The first-order valence-electron chi connectivity index (χ1n) is 3.43. The van der Waals surface area contributed by atoms with Gasteiger partial charge in [-0.05, 0) is 23.4 Å². The Labute approximate surface area is 76.7 Å². The molecule has 0 bridgehead atoms. The Morgan fingerprint density at radius 1 is 1.36 bits per heavy atom. The molecule has 6 heteroatoms. The van der Waals surface area contributed by atoms with E-state index in [0.717, 1.165) is 12.1 Å². The van der Waals surface area contributed by atoms with Gasteiger partial charge in [-0.1, -0.05) is 0 Å². The van der Waals surface area contributed by atoms with Crippen molar-refractivity contribution in [2.45, 2.75) is 6.18 Å². The summed E-state index contributed by atoms with van der Waals surface area (Å²) in [5.74, 6) is 0. The van der Waals surface area contributed by atoms with Crippen molar-refractivity contribution in [2.24, 2.45) is 5.18 Å². The van der Waals surface area contributed by atoms with Gasteiger partial charge in [0.05, 0.1) is 11.1 Å². The first-order valence-corrected chi connectivity index (χ1v) is 3.43. The Kier molecular flexibility index (Phi) is 2.51. The van der Waals surface area contributed by atoms with E-state index in [-0.39, 0.29) is 5.56 Å². The highest BCUT2D eigenvalue weighted by Gasteiger charge is 2.31. The maximum Gasteiger partial charge on any atom is 0.416 e. The van der Waals surface area contributed by atoms with Crippen molar-refractivity contribution in [2.75, 3.05) is 0 Å². The Balaban J connectivity index is 3.30. The standard InChI is InChI=1S/C8H3F3N2O/c9-8(10,11)6-2-1-5(4-12)7(3-6)13-14/h1-3H. The lowest BCUT2D eigenvalue weighted by Crippen LogP contribution is -2.04. The fraction of sp³-hybridized carbons (Fsp3) is 0.125. The number of nitroso groups, excluding NO2 is 1. The maximum atomic E-state index is 12.1. The van der Waals surface area contributed by atoms with Gasteiger partial charge in [0.25, 0.3) is 0 Å². The monoisotopic (exact) mass is 200 g/mol. The van der Waals surface area contributed by atoms with Crippen LogP contribution in [0.3, 0.4) is 0 Å². The Morgan fingerprint density at radius 3 is 2.43 bits per heavy atom. The summed E-state index contributed by atoms with van der Waals surface area (Å²) >= 11 is 0. The number of rotatable bonds is 1. The Morgan fingerprint density at radius 2 is 2.00 bits per heavy atom. The SMILES string of the molecule is N#Cc1ccc(C(F)(F)F)cc1N=O. The summed E-state index contributed by atoms with van der Waals surface area (Å²) in [6, 6.07) is 3.76. The van der Waals surface area contributed by atoms with Gasteiger partial charge in [0.1, 0.15) is 11.8 Å². The number of benzene rings is 1. The van der Waals surface area contributed by atoms with Crippen LogP contribution in [0.4, 0.5) is 18.9 Å². The summed E-state index contributed by atoms with van der Waals surface area (Å²) in [6.45, 7) is 0. The highest BCUT2D eigenvalue weighted by Crippen LogP contribution is 2.32. The summed E-state index contributed by atoms with van der Waals surface area (Å²) in [6.07, 6.45) is -4.53. The number of halogens is 3. The number of hydrogen-bond donors (Lipinski definition) is 0. The fourth-order valence-corrected chi connectivity index (χ4v) is 0.878. The molecule has 0 amide bonds. The third-order valence-electron chi connectivity index (χ3n) is 1.54. The van der Waals surface area contributed by atoms with Crippen molar-refractivity contribution in [1.29, 1.82) is 5.26 Å². The zero-order valence-electron chi connectivity index (χ0n) is 6.67. The molecule has 0 heterocycles. The molecule has 0 aliphatic carbocycles. The molecule has 72 valence electrons. The molecule has 1 aromatic rings. The molecule has 0 atom stereocenters. The van der Waals surface area contributed by atoms with E-state index in [9.17, 15) is 18.1 Å². The van der Waals surface area contributed by atoms with Gasteiger partial charge in [0, 0.05) is 0 Å². The molecule has 0 aliphatic heterocycles. The molecular formula is C8H3F3N2O. The summed E-state index contributed by atoms with van der Waals surface area (Å²) < 4.78 is 36.3. The molecule has 0 N–H and O–H groups in total. The van der Waals surface area contributed by atoms with Crippen molar-refractivity contribution in [3.8, 4) is 6.07 Å². The van der Waals surface area contributed by atoms with Gasteiger partial charge in [-0.3, -0.25) is 0 Å². The minimum Gasteiger partial charge on any atom is -0.192 e. The first-order chi connectivity index (χ1) is 6.49. The number of nitrogens with zero attached hydrogens (tertiary/aromatic N) is 2. The van der Waals surface area contributed by atoms with Crippen LogP contribution in [0, 0.1) is 16.2 Å². The van der Waals surface area contributed by atoms with Crippen LogP contribution >= 0.6 is 0 Å². The number of hydrogen-bond acceptors (Lipinski definition) is 3. The van der Waals surface area contributed by atoms with Crippen molar-refractivity contribution < 1.29 is 13.2 Å². The lowest BCUT2D eigenvalue weighted by Gasteiger charge is -2.06. The molecule has 0 saturated carbocycles. The molecule has 0 aliphatic rings. The molecule has 0 radical (unpaired) electrons. The summed E-state index contributed by atoms with van der Waals surface area (Å²) in [7, 11) is 0. The topological polar surface area (TPSA) is 53.2 Å². The van der Waals surface area contributed by atoms with E-state index in [0.29, 0.717) is 6.07 Å². The highest BCUT2D eigenvalue weighted by atomic mass is 19.4. The van der Waals surface area contributed by atoms with E-state index in [4.69, 9.17) is 5.26 Å². The lowest BCUT2D eigenvalue weighted by molar-refractivity contribution is -0.137. The highest BCUT2D eigenvalue weighted by molar-refractivity contribution is 5.55. The molecule has 1 rings (SSSR count). The van der Waals surface area contributed by atoms with E-state index in [2.05, 4.69) is 5.18 Å². The normalized spacial score (nSPS) is 10.7. The van der Waals surface area contributed by atoms with Crippen LogP contribution in [0.1, 0.15) is 11.1 Å². The fourth-order valence-electron chi connectivity index (χ4n) is 0.878. The summed E-state index contributed by atoms with van der Waals surface area (Å²) in [5, 5.41) is 10.8. The second kappa shape index (κ2) is 3.46. The maximum absolute atomic E-state index is 12.1. The summed E-state index contributed by atoms with van der Waals surface area (Å²) in [4.78, 5) is 10.1. The van der Waals surface area contributed by atoms with Crippen molar-refractivity contribution in [3.05, 3.63) is 34.2 Å². The molecule has 0 fully saturated rings. The van der Waals surface area contributed by atoms with Crippen LogP contribution in [0.5, 0.6) is 0 Å². The average molecular weight is 200 g/mol. The summed E-state index contributed by atoms with van der Waals surface area (Å²) in [5.41, 5.74) is -1.67. The van der Waals surface area contributed by atoms with E-state index < -0.39 is 17.4 Å². The van der Waals surface area contributed by atoms with Gasteiger partial charge in [-0.25, -0.2) is 0 Å². The zero-order valence-corrected chi connectivity index (χ0v) is 6.67. The quantitative estimate of drug-likeness (QED) is 0.654. The second-order valence-corrected chi connectivity index (χ2v) is 2.43. The lowest BCUT2D eigenvalue weighted by atomic mass is 10.1. The van der Waals surface area contributed by atoms with Gasteiger partial charge in [-0.15, -0.1) is 4.91 Å². The molecule has 0 saturated heterocycles. The molecular weight excluding hydrogens is 197 g/mol. The van der Waals surface area contributed by atoms with E-state index in [1.807, 2.05) is 0 Å². The van der Waals surface area contributed by atoms with Crippen LogP contribution in [0.25, 0.3) is 0 Å². The predicted molar refractivity (Wildman–Crippen MR) is 41.6 cm³/mol. The minimum atomic E-state index is -4.53. The van der Waals surface area contributed by atoms with Crippen LogP contribution in [0.2, 0.25) is 0 Å². The van der Waals surface area contributed by atoms with E-state index in [1.165, 1.54) is 0 Å². The van der Waals surface area contributed by atoms with Crippen molar-refractivity contribution >= 4 is 5.69 Å². The Bertz CT molecular complexity index is 406. The van der Waals surface area contributed by atoms with Gasteiger partial charge < -0.3 is 0 Å². The molecule has 1 aromatic carbocycles. The second-order valence-electron chi connectivity index (χ2n) is 2.43. The van der Waals surface area contributed by atoms with Gasteiger partial charge in [-0.2, -0.15) is 18.4 Å². The zero-order chi connectivity index (χ0) is 10.8. The number of alkyl halides is 3. The first kappa shape index (κ1) is 10.2. The number of nitriles is 1. The molecule has 0 unspecified atom stereocenters. The van der Waals surface area contributed by atoms with Gasteiger partial charge in [0.15, 0.2) is 0 Å². The van der Waals surface area contributed by atoms with Gasteiger partial charge >= 0.3 is 6.18 Å². The van der Waals surface area contributed by atoms with Crippen LogP contribution in [-0.4, -0.2) is 0 Å². The predicted octanol–water partition coefficient (Wildman–Crippen LogP) is 2.97. The van der Waals surface area contributed by atoms with E-state index in [1.54, 1.807) is 6.07 Å². The van der Waals surface area contributed by atoms with Crippen molar-refractivity contribution in [1.82, 2.24) is 0 Å². The molecule has 3 nitrogen and oxygen atoms in total. The third kappa shape index (κ3) is 1.88. The van der Waals surface area contributed by atoms with Crippen LogP contribution in [0.15, 0.2) is 23.4 Å². The molecule has 14 heavy (non-hydrogen) atoms. The van der Waals surface area contributed by atoms with Gasteiger partial charge in [0.2, 0.25) is 0 Å². The van der Waals surface area contributed by atoms with Crippen LogP contribution in [-0.2, 0) is 6.18 Å².